The second-order valence-electron chi connectivity index (χ2n) is 4.55. The Hall–Kier alpha value is -1.40. The van der Waals surface area contributed by atoms with Crippen molar-refractivity contribution in [1.82, 2.24) is 4.98 Å². The Labute approximate surface area is 109 Å². The van der Waals surface area contributed by atoms with Gasteiger partial charge < -0.3 is 15.9 Å². The highest BCUT2D eigenvalue weighted by Crippen LogP contribution is 2.39. The van der Waals surface area contributed by atoms with Gasteiger partial charge in [0.25, 0.3) is 0 Å². The highest BCUT2D eigenvalue weighted by molar-refractivity contribution is 7.13. The maximum absolute atomic E-state index is 10.6. The molecule has 4 N–H and O–H groups in total. The van der Waals surface area contributed by atoms with Crippen molar-refractivity contribution < 1.29 is 15.0 Å². The van der Waals surface area contributed by atoms with Crippen LogP contribution in [0.5, 0.6) is 0 Å². The molecule has 3 atom stereocenters. The van der Waals surface area contributed by atoms with Crippen molar-refractivity contribution in [2.45, 2.75) is 31.3 Å². The monoisotopic (exact) mass is 268 g/mol. The van der Waals surface area contributed by atoms with Gasteiger partial charge in [0.2, 0.25) is 0 Å². The third-order valence-electron chi connectivity index (χ3n) is 3.28. The minimum atomic E-state index is -0.947. The highest BCUT2D eigenvalue weighted by Gasteiger charge is 2.30. The molecule has 0 spiro atoms. The number of nitrogens with zero attached hydrogens (tertiary/aromatic N) is 1. The third-order valence-corrected chi connectivity index (χ3v) is 3.97. The lowest BCUT2D eigenvalue weighted by atomic mass is 9.76. The number of thiazole rings is 1. The highest BCUT2D eigenvalue weighted by atomic mass is 32.1. The Morgan fingerprint density at radius 3 is 2.94 bits per heavy atom. The number of aromatic nitrogens is 1. The lowest BCUT2D eigenvalue weighted by Crippen LogP contribution is -2.25. The lowest BCUT2D eigenvalue weighted by Gasteiger charge is -2.31. The average Bonchev–Trinajstić information content (AvgIpc) is 2.74. The molecule has 1 aliphatic carbocycles. The molecule has 1 fully saturated rings. The zero-order valence-electron chi connectivity index (χ0n) is 9.82. The number of aliphatic hydroxyl groups excluding tert-OH is 1. The minimum Gasteiger partial charge on any atom is -0.478 e. The zero-order chi connectivity index (χ0) is 13.1. The second-order valence-corrected chi connectivity index (χ2v) is 5.43. The summed E-state index contributed by atoms with van der Waals surface area (Å²) in [4.78, 5) is 14.8. The number of hydrogen-bond donors (Lipinski definition) is 3. The molecule has 6 heteroatoms. The molecule has 0 amide bonds. The Kier molecular flexibility index (Phi) is 3.98. The minimum absolute atomic E-state index is 0.0536. The Morgan fingerprint density at radius 1 is 1.56 bits per heavy atom. The summed E-state index contributed by atoms with van der Waals surface area (Å²) in [6, 6.07) is 0. The molecular weight excluding hydrogens is 252 g/mol. The Bertz CT molecular complexity index is 458. The largest absolute Gasteiger partial charge is 0.478 e. The predicted molar refractivity (Wildman–Crippen MR) is 69.4 cm³/mol. The van der Waals surface area contributed by atoms with Crippen molar-refractivity contribution in [3.63, 3.8) is 0 Å². The molecule has 1 aliphatic rings. The van der Waals surface area contributed by atoms with Gasteiger partial charge in [-0.25, -0.2) is 9.78 Å². The summed E-state index contributed by atoms with van der Waals surface area (Å²) in [6.45, 7) is 0. The van der Waals surface area contributed by atoms with E-state index < -0.39 is 5.97 Å². The fourth-order valence-corrected chi connectivity index (χ4v) is 3.05. The quantitative estimate of drug-likeness (QED) is 0.724. The molecule has 0 aliphatic heterocycles. The van der Waals surface area contributed by atoms with Gasteiger partial charge in [-0.15, -0.1) is 11.3 Å². The van der Waals surface area contributed by atoms with E-state index in [-0.39, 0.29) is 17.9 Å². The summed E-state index contributed by atoms with van der Waals surface area (Å²) in [6.07, 6.45) is 4.61. The van der Waals surface area contributed by atoms with Crippen LogP contribution in [-0.4, -0.2) is 27.3 Å². The molecule has 98 valence electrons. The van der Waals surface area contributed by atoms with Gasteiger partial charge >= 0.3 is 5.97 Å². The van der Waals surface area contributed by atoms with Crippen LogP contribution in [0.3, 0.4) is 0 Å². The Balaban J connectivity index is 2.18. The van der Waals surface area contributed by atoms with Crippen LogP contribution < -0.4 is 5.73 Å². The van der Waals surface area contributed by atoms with Gasteiger partial charge in [-0.3, -0.25) is 0 Å². The molecule has 5 nitrogen and oxygen atoms in total. The number of rotatable bonds is 3. The average molecular weight is 268 g/mol. The van der Waals surface area contributed by atoms with Crippen LogP contribution in [0.1, 0.15) is 30.9 Å². The van der Waals surface area contributed by atoms with Crippen molar-refractivity contribution in [2.24, 2.45) is 5.92 Å². The SMILES string of the molecule is Nc1nc([C@@H]2C[C@@H](O)CCC2/C=C\C(=O)O)cs1. The number of carbonyl (C=O) groups is 1. The molecule has 18 heavy (non-hydrogen) atoms. The van der Waals surface area contributed by atoms with E-state index in [2.05, 4.69) is 4.98 Å². The van der Waals surface area contributed by atoms with Crippen LogP contribution in [0, 0.1) is 5.92 Å². The molecule has 1 unspecified atom stereocenters. The molecule has 1 aromatic heterocycles. The van der Waals surface area contributed by atoms with E-state index in [4.69, 9.17) is 10.8 Å². The molecule has 1 heterocycles. The number of allylic oxidation sites excluding steroid dienone is 1. The van der Waals surface area contributed by atoms with E-state index in [1.807, 2.05) is 5.38 Å². The number of carboxylic acids is 1. The van der Waals surface area contributed by atoms with Gasteiger partial charge in [0.15, 0.2) is 5.13 Å². The Morgan fingerprint density at radius 2 is 2.33 bits per heavy atom. The summed E-state index contributed by atoms with van der Waals surface area (Å²) in [7, 11) is 0. The van der Waals surface area contributed by atoms with E-state index in [1.54, 1.807) is 6.08 Å². The van der Waals surface area contributed by atoms with Gasteiger partial charge in [-0.1, -0.05) is 6.08 Å². The van der Waals surface area contributed by atoms with Crippen LogP contribution in [-0.2, 0) is 4.79 Å². The van der Waals surface area contributed by atoms with Crippen LogP contribution in [0.25, 0.3) is 0 Å². The maximum Gasteiger partial charge on any atom is 0.327 e. The van der Waals surface area contributed by atoms with Gasteiger partial charge in [0.1, 0.15) is 0 Å². The van der Waals surface area contributed by atoms with E-state index in [1.165, 1.54) is 17.4 Å². The number of aliphatic carboxylic acids is 1. The molecule has 2 rings (SSSR count). The first kappa shape index (κ1) is 13.0. The molecule has 1 aromatic rings. The predicted octanol–water partition coefficient (Wildman–Crippen LogP) is 1.61. The number of carboxylic acid groups (broad SMARTS) is 1. The van der Waals surface area contributed by atoms with Gasteiger partial charge in [-0.2, -0.15) is 0 Å². The second kappa shape index (κ2) is 5.49. The summed E-state index contributed by atoms with van der Waals surface area (Å²) in [5.41, 5.74) is 6.48. The first-order chi connectivity index (χ1) is 8.56. The van der Waals surface area contributed by atoms with Crippen molar-refractivity contribution in [3.05, 3.63) is 23.2 Å². The summed E-state index contributed by atoms with van der Waals surface area (Å²) in [5.74, 6) is -0.790. The van der Waals surface area contributed by atoms with Crippen molar-refractivity contribution in [2.75, 3.05) is 5.73 Å². The fourth-order valence-electron chi connectivity index (χ4n) is 2.42. The molecular formula is C12H16N2O3S. The summed E-state index contributed by atoms with van der Waals surface area (Å²) < 4.78 is 0. The van der Waals surface area contributed by atoms with Crippen LogP contribution in [0.15, 0.2) is 17.5 Å². The van der Waals surface area contributed by atoms with E-state index in [0.717, 1.165) is 12.1 Å². The standard InChI is InChI=1S/C12H16N2O3S/c13-12-14-10(6-18-12)9-5-8(15)3-1-7(9)2-4-11(16)17/h2,4,6-9,15H,1,3,5H2,(H2,13,14)(H,16,17)/b4-2-/t7?,8-,9+/m0/s1. The van der Waals surface area contributed by atoms with Crippen LogP contribution >= 0.6 is 11.3 Å². The van der Waals surface area contributed by atoms with Crippen molar-refractivity contribution in [3.8, 4) is 0 Å². The third kappa shape index (κ3) is 3.08. The molecule has 0 saturated heterocycles. The van der Waals surface area contributed by atoms with Gasteiger partial charge in [-0.05, 0) is 25.2 Å². The van der Waals surface area contributed by atoms with E-state index >= 15 is 0 Å². The summed E-state index contributed by atoms with van der Waals surface area (Å²) >= 11 is 1.37. The smallest absolute Gasteiger partial charge is 0.327 e. The first-order valence-corrected chi connectivity index (χ1v) is 6.74. The number of anilines is 1. The number of hydrogen-bond acceptors (Lipinski definition) is 5. The zero-order valence-corrected chi connectivity index (χ0v) is 10.6. The number of nitrogens with two attached hydrogens (primary N) is 1. The topological polar surface area (TPSA) is 96.4 Å². The van der Waals surface area contributed by atoms with Crippen molar-refractivity contribution >= 4 is 22.4 Å². The lowest BCUT2D eigenvalue weighted by molar-refractivity contribution is -0.131. The normalized spacial score (nSPS) is 28.6. The first-order valence-electron chi connectivity index (χ1n) is 5.86. The molecule has 1 saturated carbocycles. The van der Waals surface area contributed by atoms with Gasteiger partial charge in [0.05, 0.1) is 11.8 Å². The van der Waals surface area contributed by atoms with E-state index in [9.17, 15) is 9.90 Å². The van der Waals surface area contributed by atoms with Crippen molar-refractivity contribution in [1.29, 1.82) is 0 Å². The molecule has 0 bridgehead atoms. The molecule has 0 aromatic carbocycles. The number of aliphatic hydroxyl groups is 1. The van der Waals surface area contributed by atoms with Gasteiger partial charge in [0, 0.05) is 17.4 Å². The van der Waals surface area contributed by atoms with Crippen LogP contribution in [0.2, 0.25) is 0 Å². The summed E-state index contributed by atoms with van der Waals surface area (Å²) in [5, 5.41) is 20.8. The van der Waals surface area contributed by atoms with Crippen LogP contribution in [0.4, 0.5) is 5.13 Å². The van der Waals surface area contributed by atoms with E-state index in [0.29, 0.717) is 18.0 Å². The fraction of sp³-hybridized carbons (Fsp3) is 0.500. The molecule has 0 radical (unpaired) electrons. The number of nitrogen functional groups attached to an aromatic ring is 1. The maximum atomic E-state index is 10.6.